The number of carbonyl (C=O) groups is 1. The Morgan fingerprint density at radius 2 is 1.93 bits per heavy atom. The number of thiophene rings is 1. The first-order valence-electron chi connectivity index (χ1n) is 8.31. The molecular formula is C21H15N3O2S. The van der Waals surface area contributed by atoms with Gasteiger partial charge in [0.15, 0.2) is 0 Å². The van der Waals surface area contributed by atoms with Gasteiger partial charge in [-0.1, -0.05) is 30.3 Å². The predicted molar refractivity (Wildman–Crippen MR) is 110 cm³/mol. The first-order valence-corrected chi connectivity index (χ1v) is 9.12. The third kappa shape index (κ3) is 3.86. The minimum Gasteiger partial charge on any atom is -0.322 e. The van der Waals surface area contributed by atoms with Crippen LogP contribution in [0.15, 0.2) is 77.9 Å². The van der Waals surface area contributed by atoms with Crippen LogP contribution in [-0.4, -0.2) is 15.9 Å². The van der Waals surface area contributed by atoms with E-state index in [1.54, 1.807) is 35.6 Å². The van der Waals surface area contributed by atoms with E-state index >= 15 is 0 Å². The Kier molecular flexibility index (Phi) is 4.63. The molecule has 2 N–H and O–H groups in total. The number of rotatable bonds is 4. The van der Waals surface area contributed by atoms with E-state index in [9.17, 15) is 9.59 Å². The topological polar surface area (TPSA) is 74.8 Å². The average Bonchev–Trinajstić information content (AvgIpc) is 3.17. The lowest BCUT2D eigenvalue weighted by Crippen LogP contribution is -2.10. The summed E-state index contributed by atoms with van der Waals surface area (Å²) in [5.41, 5.74) is 2.05. The van der Waals surface area contributed by atoms with Gasteiger partial charge in [0.2, 0.25) is 5.91 Å². The van der Waals surface area contributed by atoms with E-state index in [1.165, 1.54) is 12.4 Å². The highest BCUT2D eigenvalue weighted by Gasteiger charge is 2.04. The van der Waals surface area contributed by atoms with Crippen LogP contribution < -0.4 is 10.9 Å². The van der Waals surface area contributed by atoms with Crippen LogP contribution >= 0.6 is 11.3 Å². The maximum absolute atomic E-state index is 12.2. The Morgan fingerprint density at radius 3 is 2.78 bits per heavy atom. The molecule has 0 unspecified atom stereocenters. The van der Waals surface area contributed by atoms with Crippen LogP contribution in [0.1, 0.15) is 4.88 Å². The molecule has 0 radical (unpaired) electrons. The van der Waals surface area contributed by atoms with Gasteiger partial charge >= 0.3 is 0 Å². The maximum Gasteiger partial charge on any atom is 0.258 e. The highest BCUT2D eigenvalue weighted by Crippen LogP contribution is 2.28. The molecule has 132 valence electrons. The van der Waals surface area contributed by atoms with Crippen molar-refractivity contribution in [3.63, 3.8) is 0 Å². The lowest BCUT2D eigenvalue weighted by atomic mass is 10.2. The molecule has 6 heteroatoms. The second-order valence-electron chi connectivity index (χ2n) is 5.85. The minimum atomic E-state index is -0.260. The number of carbonyl (C=O) groups excluding carboxylic acids is 1. The molecule has 4 aromatic rings. The van der Waals surface area contributed by atoms with E-state index in [2.05, 4.69) is 27.4 Å². The van der Waals surface area contributed by atoms with Crippen molar-refractivity contribution < 1.29 is 4.79 Å². The van der Waals surface area contributed by atoms with Crippen molar-refractivity contribution in [1.82, 2.24) is 9.97 Å². The highest BCUT2D eigenvalue weighted by atomic mass is 32.1. The van der Waals surface area contributed by atoms with E-state index in [1.807, 2.05) is 30.3 Å². The van der Waals surface area contributed by atoms with Crippen LogP contribution in [0.2, 0.25) is 0 Å². The number of benzene rings is 2. The summed E-state index contributed by atoms with van der Waals surface area (Å²) in [4.78, 5) is 32.8. The summed E-state index contributed by atoms with van der Waals surface area (Å²) in [6.45, 7) is 0. The largest absolute Gasteiger partial charge is 0.322 e. The monoisotopic (exact) mass is 373 g/mol. The number of nitrogens with zero attached hydrogens (tertiary/aromatic N) is 1. The SMILES string of the molecule is O=C(/C=C/c1ccc(-c2ccccc2)s1)Nc1ccc2nc[nH]c(=O)c2c1. The van der Waals surface area contributed by atoms with Crippen LogP contribution in [0.4, 0.5) is 5.69 Å². The van der Waals surface area contributed by atoms with Crippen molar-refractivity contribution in [3.8, 4) is 10.4 Å². The maximum atomic E-state index is 12.2. The van der Waals surface area contributed by atoms with Crippen molar-refractivity contribution in [1.29, 1.82) is 0 Å². The molecule has 2 heterocycles. The molecule has 0 aliphatic heterocycles. The number of H-pyrrole nitrogens is 1. The van der Waals surface area contributed by atoms with Crippen molar-refractivity contribution in [2.75, 3.05) is 5.32 Å². The van der Waals surface area contributed by atoms with E-state index in [-0.39, 0.29) is 11.5 Å². The lowest BCUT2D eigenvalue weighted by Gasteiger charge is -2.03. The molecule has 5 nitrogen and oxygen atoms in total. The van der Waals surface area contributed by atoms with E-state index in [0.29, 0.717) is 16.6 Å². The Morgan fingerprint density at radius 1 is 1.07 bits per heavy atom. The summed E-state index contributed by atoms with van der Waals surface area (Å²) in [7, 11) is 0. The lowest BCUT2D eigenvalue weighted by molar-refractivity contribution is -0.111. The van der Waals surface area contributed by atoms with Crippen LogP contribution in [0.25, 0.3) is 27.4 Å². The van der Waals surface area contributed by atoms with E-state index in [4.69, 9.17) is 0 Å². The summed E-state index contributed by atoms with van der Waals surface area (Å²) in [5, 5.41) is 3.20. The van der Waals surface area contributed by atoms with Gasteiger partial charge in [-0.05, 0) is 42.0 Å². The number of aromatic amines is 1. The van der Waals surface area contributed by atoms with Gasteiger partial charge in [-0.3, -0.25) is 9.59 Å². The smallest absolute Gasteiger partial charge is 0.258 e. The van der Waals surface area contributed by atoms with Crippen LogP contribution in [0.5, 0.6) is 0 Å². The molecule has 0 fully saturated rings. The molecule has 1 amide bonds. The van der Waals surface area contributed by atoms with Crippen molar-refractivity contribution >= 4 is 39.9 Å². The normalized spacial score (nSPS) is 11.1. The molecule has 0 spiro atoms. The Balaban J connectivity index is 1.47. The quantitative estimate of drug-likeness (QED) is 0.524. The van der Waals surface area contributed by atoms with Gasteiger partial charge in [0.1, 0.15) is 0 Å². The molecule has 0 bridgehead atoms. The van der Waals surface area contributed by atoms with Crippen LogP contribution in [-0.2, 0) is 4.79 Å². The summed E-state index contributed by atoms with van der Waals surface area (Å²) >= 11 is 1.62. The Labute approximate surface area is 159 Å². The van der Waals surface area contributed by atoms with Gasteiger partial charge in [0.25, 0.3) is 5.56 Å². The summed E-state index contributed by atoms with van der Waals surface area (Å²) in [6.07, 6.45) is 4.62. The van der Waals surface area contributed by atoms with Crippen molar-refractivity contribution in [2.45, 2.75) is 0 Å². The summed E-state index contributed by atoms with van der Waals surface area (Å²) < 4.78 is 0. The highest BCUT2D eigenvalue weighted by molar-refractivity contribution is 7.16. The predicted octanol–water partition coefficient (Wildman–Crippen LogP) is 4.30. The summed E-state index contributed by atoms with van der Waals surface area (Å²) in [5.74, 6) is -0.260. The molecule has 0 saturated heterocycles. The summed E-state index contributed by atoms with van der Waals surface area (Å²) in [6, 6.07) is 19.2. The van der Waals surface area contributed by atoms with Crippen molar-refractivity contribution in [2.24, 2.45) is 0 Å². The molecule has 0 atom stereocenters. The zero-order chi connectivity index (χ0) is 18.6. The Bertz CT molecular complexity index is 1190. The second-order valence-corrected chi connectivity index (χ2v) is 6.97. The standard InChI is InChI=1S/C21H15N3O2S/c25-20(24-15-6-9-18-17(12-15)21(26)23-13-22-18)11-8-16-7-10-19(27-16)14-4-2-1-3-5-14/h1-13H,(H,24,25)(H,22,23,26)/b11-8+. The average molecular weight is 373 g/mol. The fourth-order valence-corrected chi connectivity index (χ4v) is 3.60. The van der Waals surface area contributed by atoms with Gasteiger partial charge < -0.3 is 10.3 Å². The molecule has 2 aromatic carbocycles. The third-order valence-corrected chi connectivity index (χ3v) is 5.09. The molecule has 0 aliphatic carbocycles. The van der Waals surface area contributed by atoms with Gasteiger partial charge in [0, 0.05) is 21.5 Å². The molecular weight excluding hydrogens is 358 g/mol. The van der Waals surface area contributed by atoms with Crippen molar-refractivity contribution in [3.05, 3.63) is 88.3 Å². The number of amides is 1. The number of fused-ring (bicyclic) bond motifs is 1. The number of hydrogen-bond acceptors (Lipinski definition) is 4. The molecule has 27 heavy (non-hydrogen) atoms. The first kappa shape index (κ1) is 16.9. The van der Waals surface area contributed by atoms with E-state index in [0.717, 1.165) is 15.3 Å². The van der Waals surface area contributed by atoms with Gasteiger partial charge in [-0.2, -0.15) is 0 Å². The van der Waals surface area contributed by atoms with Crippen LogP contribution in [0, 0.1) is 0 Å². The zero-order valence-electron chi connectivity index (χ0n) is 14.2. The number of nitrogens with one attached hydrogen (secondary N) is 2. The van der Waals surface area contributed by atoms with Gasteiger partial charge in [0.05, 0.1) is 17.2 Å². The zero-order valence-corrected chi connectivity index (χ0v) is 15.0. The number of hydrogen-bond donors (Lipinski definition) is 2. The van der Waals surface area contributed by atoms with Gasteiger partial charge in [-0.25, -0.2) is 4.98 Å². The number of anilines is 1. The number of aromatic nitrogens is 2. The minimum absolute atomic E-state index is 0.237. The fraction of sp³-hybridized carbons (Fsp3) is 0. The van der Waals surface area contributed by atoms with Crippen LogP contribution in [0.3, 0.4) is 0 Å². The Hall–Kier alpha value is -3.51. The molecule has 4 rings (SSSR count). The fourth-order valence-electron chi connectivity index (χ4n) is 2.69. The molecule has 0 saturated carbocycles. The third-order valence-electron chi connectivity index (χ3n) is 3.99. The van der Waals surface area contributed by atoms with Gasteiger partial charge in [-0.15, -0.1) is 11.3 Å². The second kappa shape index (κ2) is 7.39. The van der Waals surface area contributed by atoms with E-state index < -0.39 is 0 Å². The molecule has 0 aliphatic rings. The first-order chi connectivity index (χ1) is 13.2. The molecule has 2 aromatic heterocycles.